The third-order valence-electron chi connectivity index (χ3n) is 5.13. The fraction of sp³-hybridized carbons (Fsp3) is 0. The maximum absolute atomic E-state index is 14.9. The van der Waals surface area contributed by atoms with E-state index in [2.05, 4.69) is 9.69 Å². The van der Waals surface area contributed by atoms with Gasteiger partial charge in [0, 0.05) is 35.4 Å². The van der Waals surface area contributed by atoms with Crippen molar-refractivity contribution in [1.29, 1.82) is 10.5 Å². The second-order valence-corrected chi connectivity index (χ2v) is 9.45. The molecule has 2 aromatic heterocycles. The van der Waals surface area contributed by atoms with Crippen molar-refractivity contribution < 1.29 is 26.3 Å². The molecule has 0 radical (unpaired) electrons. The van der Waals surface area contributed by atoms with Crippen LogP contribution in [0.3, 0.4) is 0 Å². The van der Waals surface area contributed by atoms with E-state index in [1.54, 1.807) is 12.1 Å². The molecule has 0 atom stereocenters. The van der Waals surface area contributed by atoms with E-state index in [4.69, 9.17) is 13.1 Å². The van der Waals surface area contributed by atoms with Gasteiger partial charge in [-0.05, 0) is 12.1 Å². The molecule has 4 nitrogen and oxygen atoms in total. The fourth-order valence-electron chi connectivity index (χ4n) is 3.59. The van der Waals surface area contributed by atoms with Crippen molar-refractivity contribution in [3.8, 4) is 34.4 Å². The van der Waals surface area contributed by atoms with Crippen LogP contribution in [0.25, 0.3) is 43.3 Å². The van der Waals surface area contributed by atoms with Gasteiger partial charge in [0.15, 0.2) is 0 Å². The van der Waals surface area contributed by atoms with Gasteiger partial charge < -0.3 is 0 Å². The van der Waals surface area contributed by atoms with Gasteiger partial charge in [0.1, 0.15) is 70.3 Å². The summed E-state index contributed by atoms with van der Waals surface area (Å²) in [6, 6.07) is 7.10. The number of halogens is 6. The standard InChI is InChI=1S/C26H6F6N4S2/c1-35-26(36-2)21-8-15(23-18(31)5-13(28)6-19(23)32)25(38-21)24-14(7-20(37-24)11(9-33)10-34)22-16(29)3-12(27)4-17(22)30/h3-8H/b25-24+. The Morgan fingerprint density at radius 3 is 1.37 bits per heavy atom. The lowest BCUT2D eigenvalue weighted by molar-refractivity contribution is 0.546. The Morgan fingerprint density at radius 1 is 0.632 bits per heavy atom. The monoisotopic (exact) mass is 552 g/mol. The quantitative estimate of drug-likeness (QED) is 0.215. The minimum absolute atomic E-state index is 0.0613. The molecule has 4 aromatic rings. The summed E-state index contributed by atoms with van der Waals surface area (Å²) in [6.45, 7) is 14.5. The van der Waals surface area contributed by atoms with E-state index in [1.807, 2.05) is 0 Å². The van der Waals surface area contributed by atoms with Crippen molar-refractivity contribution in [2.45, 2.75) is 0 Å². The van der Waals surface area contributed by atoms with Gasteiger partial charge >= 0.3 is 5.82 Å². The van der Waals surface area contributed by atoms with Crippen molar-refractivity contribution in [3.63, 3.8) is 0 Å². The highest BCUT2D eigenvalue weighted by molar-refractivity contribution is 7.12. The molecule has 0 aliphatic rings. The maximum atomic E-state index is 14.9. The maximum Gasteiger partial charge on any atom is 0.536 e. The first-order valence-electron chi connectivity index (χ1n) is 10.0. The highest BCUT2D eigenvalue weighted by Gasteiger charge is 2.22. The molecule has 0 unspecified atom stereocenters. The minimum atomic E-state index is -1.34. The summed E-state index contributed by atoms with van der Waals surface area (Å²) >= 11 is 1.34. The lowest BCUT2D eigenvalue weighted by atomic mass is 10.0. The molecule has 0 aliphatic carbocycles. The smallest absolute Gasteiger partial charge is 0.207 e. The van der Waals surface area contributed by atoms with E-state index in [0.717, 1.165) is 12.1 Å². The number of rotatable bonds is 2. The van der Waals surface area contributed by atoms with Crippen LogP contribution in [0.4, 0.5) is 26.3 Å². The fourth-order valence-corrected chi connectivity index (χ4v) is 5.96. The Hall–Kier alpha value is -4.88. The molecule has 38 heavy (non-hydrogen) atoms. The number of nitriles is 2. The Labute approximate surface area is 217 Å². The zero-order valence-corrected chi connectivity index (χ0v) is 20.0. The predicted octanol–water partition coefficient (Wildman–Crippen LogP) is 6.37. The summed E-state index contributed by atoms with van der Waals surface area (Å²) in [5.41, 5.74) is -2.51. The van der Waals surface area contributed by atoms with Crippen molar-refractivity contribution in [3.05, 3.63) is 112 Å². The number of thiophene rings is 2. The Morgan fingerprint density at radius 2 is 1.00 bits per heavy atom. The normalized spacial score (nSPS) is 11.2. The number of hydrogen-bond donors (Lipinski definition) is 0. The summed E-state index contributed by atoms with van der Waals surface area (Å²) in [6.07, 6.45) is 0. The van der Waals surface area contributed by atoms with E-state index in [-0.39, 0.29) is 29.3 Å². The summed E-state index contributed by atoms with van der Waals surface area (Å²) in [5, 5.41) is 18.7. The van der Waals surface area contributed by atoms with Crippen molar-refractivity contribution in [2.75, 3.05) is 0 Å². The summed E-state index contributed by atoms with van der Waals surface area (Å²) in [5.74, 6) is -8.26. The van der Waals surface area contributed by atoms with E-state index in [9.17, 15) is 36.9 Å². The van der Waals surface area contributed by atoms with Gasteiger partial charge in [-0.15, -0.1) is 22.7 Å². The molecule has 0 N–H and O–H groups in total. The summed E-state index contributed by atoms with van der Waals surface area (Å²) in [7, 11) is 0. The zero-order valence-electron chi connectivity index (χ0n) is 18.3. The van der Waals surface area contributed by atoms with Crippen LogP contribution in [0, 0.1) is 79.8 Å². The Bertz CT molecular complexity index is 1820. The molecule has 4 rings (SSSR count). The number of hydrogen-bond acceptors (Lipinski definition) is 4. The van der Waals surface area contributed by atoms with Gasteiger partial charge in [0.2, 0.25) is 0 Å². The molecule has 0 spiro atoms. The first-order chi connectivity index (χ1) is 18.1. The molecule has 0 saturated heterocycles. The van der Waals surface area contributed by atoms with Crippen LogP contribution < -0.4 is 9.06 Å². The number of nitrogens with zero attached hydrogens (tertiary/aromatic N) is 4. The molecule has 12 heteroatoms. The predicted molar refractivity (Wildman–Crippen MR) is 127 cm³/mol. The average Bonchev–Trinajstić information content (AvgIpc) is 3.45. The third kappa shape index (κ3) is 4.51. The van der Waals surface area contributed by atoms with Crippen LogP contribution in [0.2, 0.25) is 0 Å². The Balaban J connectivity index is 2.40. The minimum Gasteiger partial charge on any atom is -0.207 e. The van der Waals surface area contributed by atoms with Crippen LogP contribution in [-0.2, 0) is 0 Å². The third-order valence-corrected chi connectivity index (χ3v) is 7.57. The average molecular weight is 552 g/mol. The van der Waals surface area contributed by atoms with Crippen LogP contribution in [0.15, 0.2) is 36.4 Å². The molecule has 184 valence electrons. The second-order valence-electron chi connectivity index (χ2n) is 7.34. The molecule has 0 bridgehead atoms. The van der Waals surface area contributed by atoms with Gasteiger partial charge in [0.25, 0.3) is 0 Å². The lowest BCUT2D eigenvalue weighted by Gasteiger charge is -2.05. The molecular formula is C26H6F6N4S2. The van der Waals surface area contributed by atoms with E-state index in [1.165, 1.54) is 0 Å². The molecular weight excluding hydrogens is 546 g/mol. The van der Waals surface area contributed by atoms with Gasteiger partial charge in [-0.1, -0.05) is 0 Å². The molecule has 0 saturated carbocycles. The lowest BCUT2D eigenvalue weighted by Crippen LogP contribution is -1.96. The van der Waals surface area contributed by atoms with Crippen molar-refractivity contribution in [2.24, 2.45) is 0 Å². The first-order valence-corrected chi connectivity index (χ1v) is 11.6. The van der Waals surface area contributed by atoms with Gasteiger partial charge in [-0.2, -0.15) is 20.2 Å². The van der Waals surface area contributed by atoms with Crippen molar-refractivity contribution >= 4 is 34.1 Å². The molecule has 2 heterocycles. The SMILES string of the molecule is [C-]#[N+]C([N+]#[C-])=c1cc(-c2c(F)cc(F)cc2F)/c(=c2\sc(=C(C#N)C#N)cc2-c2c(F)cc(F)cc2F)s1. The largest absolute Gasteiger partial charge is 0.536 e. The molecule has 0 aliphatic heterocycles. The highest BCUT2D eigenvalue weighted by Crippen LogP contribution is 2.34. The summed E-state index contributed by atoms with van der Waals surface area (Å²) < 4.78 is 86.3. The summed E-state index contributed by atoms with van der Waals surface area (Å²) in [4.78, 5) is 6.17. The van der Waals surface area contributed by atoms with Crippen LogP contribution in [0.5, 0.6) is 0 Å². The zero-order chi connectivity index (χ0) is 27.7. The van der Waals surface area contributed by atoms with Crippen LogP contribution in [0.1, 0.15) is 0 Å². The molecule has 0 amide bonds. The second kappa shape index (κ2) is 10.2. The van der Waals surface area contributed by atoms with Crippen LogP contribution >= 0.6 is 22.7 Å². The van der Waals surface area contributed by atoms with E-state index < -0.39 is 57.4 Å². The topological polar surface area (TPSA) is 56.3 Å². The molecule has 0 fully saturated rings. The van der Waals surface area contributed by atoms with Gasteiger partial charge in [0.05, 0.1) is 24.7 Å². The van der Waals surface area contributed by atoms with E-state index in [0.29, 0.717) is 46.9 Å². The highest BCUT2D eigenvalue weighted by atomic mass is 32.1. The molecule has 2 aromatic carbocycles. The van der Waals surface area contributed by atoms with E-state index >= 15 is 0 Å². The van der Waals surface area contributed by atoms with Gasteiger partial charge in [-0.3, -0.25) is 0 Å². The van der Waals surface area contributed by atoms with Gasteiger partial charge in [-0.25, -0.2) is 26.3 Å². The first kappa shape index (κ1) is 26.2. The number of benzene rings is 2. The van der Waals surface area contributed by atoms with Crippen LogP contribution in [-0.4, -0.2) is 0 Å². The van der Waals surface area contributed by atoms with Crippen molar-refractivity contribution in [1.82, 2.24) is 0 Å². The Kier molecular flexibility index (Phi) is 7.06.